The number of thioether (sulfide) groups is 1. The number of nitrogens with one attached hydrogen (secondary N) is 1. The van der Waals surface area contributed by atoms with Crippen LogP contribution in [0.25, 0.3) is 17.2 Å². The molecule has 10 heteroatoms. The van der Waals surface area contributed by atoms with Gasteiger partial charge in [0.15, 0.2) is 0 Å². The highest BCUT2D eigenvalue weighted by molar-refractivity contribution is 8.18. The molecule has 2 aromatic rings. The maximum Gasteiger partial charge on any atom is 0.573 e. The molecule has 0 saturated carbocycles. The van der Waals surface area contributed by atoms with Gasteiger partial charge >= 0.3 is 6.36 Å². The van der Waals surface area contributed by atoms with Gasteiger partial charge in [0.2, 0.25) is 5.91 Å². The molecule has 1 saturated heterocycles. The van der Waals surface area contributed by atoms with Crippen LogP contribution in [0.4, 0.5) is 23.7 Å². The SMILES string of the molecule is Cc1cc2c(cc1-c1cc(/C=C3\SC(=O)NC3=O)ccc1OC(F)(F)F)N(C(C)C)C(=O)CC2(C)C. The largest absolute Gasteiger partial charge is 0.573 e. The minimum absolute atomic E-state index is 0.0588. The van der Waals surface area contributed by atoms with E-state index in [0.717, 1.165) is 5.56 Å². The van der Waals surface area contributed by atoms with E-state index in [9.17, 15) is 27.6 Å². The number of carbonyl (C=O) groups excluding carboxylic acids is 3. The van der Waals surface area contributed by atoms with E-state index in [1.807, 2.05) is 33.8 Å². The Bertz CT molecular complexity index is 1310. The fraction of sp³-hybridized carbons (Fsp3) is 0.346. The lowest BCUT2D eigenvalue weighted by atomic mass is 9.75. The summed E-state index contributed by atoms with van der Waals surface area (Å²) >= 11 is 0.716. The van der Waals surface area contributed by atoms with Gasteiger partial charge < -0.3 is 9.64 Å². The van der Waals surface area contributed by atoms with Crippen molar-refractivity contribution in [2.45, 2.75) is 58.9 Å². The quantitative estimate of drug-likeness (QED) is 0.481. The fourth-order valence-corrected chi connectivity index (χ4v) is 5.30. The van der Waals surface area contributed by atoms with Crippen molar-refractivity contribution in [3.8, 4) is 16.9 Å². The summed E-state index contributed by atoms with van der Waals surface area (Å²) in [6, 6.07) is 7.54. The number of carbonyl (C=O) groups is 3. The van der Waals surface area contributed by atoms with Crippen LogP contribution in [0.2, 0.25) is 0 Å². The van der Waals surface area contributed by atoms with Crippen LogP contribution in [-0.2, 0) is 15.0 Å². The molecular weight excluding hydrogens is 493 g/mol. The number of nitrogens with zero attached hydrogens (tertiary/aromatic N) is 1. The molecule has 0 unspecified atom stereocenters. The second kappa shape index (κ2) is 8.99. The molecule has 0 bridgehead atoms. The second-order valence-electron chi connectivity index (χ2n) is 9.76. The molecule has 2 aliphatic rings. The van der Waals surface area contributed by atoms with Crippen LogP contribution in [0.3, 0.4) is 0 Å². The van der Waals surface area contributed by atoms with Gasteiger partial charge in [-0.25, -0.2) is 0 Å². The van der Waals surface area contributed by atoms with Gasteiger partial charge in [0.25, 0.3) is 11.1 Å². The molecule has 1 N–H and O–H groups in total. The smallest absolute Gasteiger partial charge is 0.405 e. The summed E-state index contributed by atoms with van der Waals surface area (Å²) in [5.74, 6) is -1.04. The van der Waals surface area contributed by atoms with Crippen LogP contribution in [0.1, 0.15) is 50.8 Å². The number of ether oxygens (including phenoxy) is 1. The van der Waals surface area contributed by atoms with Gasteiger partial charge in [-0.3, -0.25) is 19.7 Å². The highest BCUT2D eigenvalue weighted by Gasteiger charge is 2.39. The van der Waals surface area contributed by atoms with Gasteiger partial charge in [0.1, 0.15) is 5.75 Å². The number of benzene rings is 2. The minimum atomic E-state index is -4.92. The number of anilines is 1. The molecule has 6 nitrogen and oxygen atoms in total. The van der Waals surface area contributed by atoms with Gasteiger partial charge in [-0.2, -0.15) is 0 Å². The minimum Gasteiger partial charge on any atom is -0.405 e. The first-order chi connectivity index (χ1) is 16.7. The van der Waals surface area contributed by atoms with Crippen molar-refractivity contribution in [1.29, 1.82) is 0 Å². The lowest BCUT2D eigenvalue weighted by Crippen LogP contribution is -2.45. The summed E-state index contributed by atoms with van der Waals surface area (Å²) in [6.45, 7) is 9.50. The molecule has 0 atom stereocenters. The van der Waals surface area contributed by atoms with E-state index >= 15 is 0 Å². The van der Waals surface area contributed by atoms with E-state index in [1.54, 1.807) is 17.9 Å². The van der Waals surface area contributed by atoms with Crippen LogP contribution in [-0.4, -0.2) is 29.5 Å². The maximum atomic E-state index is 13.3. The van der Waals surface area contributed by atoms with E-state index in [2.05, 4.69) is 10.1 Å². The Hall–Kier alpha value is -3.27. The highest BCUT2D eigenvalue weighted by Crippen LogP contribution is 2.46. The fourth-order valence-electron chi connectivity index (χ4n) is 4.62. The molecule has 3 amide bonds. The lowest BCUT2D eigenvalue weighted by molar-refractivity contribution is -0.274. The molecule has 2 aliphatic heterocycles. The Morgan fingerprint density at radius 3 is 2.39 bits per heavy atom. The Kier molecular flexibility index (Phi) is 6.45. The van der Waals surface area contributed by atoms with Crippen molar-refractivity contribution in [2.24, 2.45) is 0 Å². The number of halogens is 3. The van der Waals surface area contributed by atoms with Gasteiger partial charge in [0, 0.05) is 29.1 Å². The second-order valence-corrected chi connectivity index (χ2v) is 10.8. The summed E-state index contributed by atoms with van der Waals surface area (Å²) < 4.78 is 44.2. The number of hydrogen-bond donors (Lipinski definition) is 1. The third-order valence-electron chi connectivity index (χ3n) is 6.17. The van der Waals surface area contributed by atoms with Crippen molar-refractivity contribution in [2.75, 3.05) is 4.90 Å². The monoisotopic (exact) mass is 518 g/mol. The summed E-state index contributed by atoms with van der Waals surface area (Å²) in [6.07, 6.45) is -3.17. The molecule has 190 valence electrons. The number of aryl methyl sites for hydroxylation is 1. The van der Waals surface area contributed by atoms with Crippen molar-refractivity contribution in [3.63, 3.8) is 0 Å². The van der Waals surface area contributed by atoms with E-state index < -0.39 is 28.7 Å². The average molecular weight is 519 g/mol. The molecule has 2 aromatic carbocycles. The Morgan fingerprint density at radius 2 is 1.81 bits per heavy atom. The number of rotatable bonds is 4. The van der Waals surface area contributed by atoms with E-state index in [1.165, 1.54) is 24.3 Å². The zero-order valence-corrected chi connectivity index (χ0v) is 21.2. The van der Waals surface area contributed by atoms with Gasteiger partial charge in [-0.05, 0) is 79.1 Å². The predicted octanol–water partition coefficient (Wildman–Crippen LogP) is 6.31. The number of alkyl halides is 3. The third-order valence-corrected chi connectivity index (χ3v) is 6.98. The van der Waals surface area contributed by atoms with Gasteiger partial charge in [-0.15, -0.1) is 13.2 Å². The van der Waals surface area contributed by atoms with Gasteiger partial charge in [-0.1, -0.05) is 26.0 Å². The zero-order chi connectivity index (χ0) is 26.6. The number of imide groups is 1. The van der Waals surface area contributed by atoms with Crippen molar-refractivity contribution < 1.29 is 32.3 Å². The zero-order valence-electron chi connectivity index (χ0n) is 20.4. The predicted molar refractivity (Wildman–Crippen MR) is 133 cm³/mol. The van der Waals surface area contributed by atoms with Crippen molar-refractivity contribution in [1.82, 2.24) is 5.32 Å². The first-order valence-electron chi connectivity index (χ1n) is 11.3. The van der Waals surface area contributed by atoms with E-state index in [4.69, 9.17) is 0 Å². The normalized spacial score (nSPS) is 18.6. The first-order valence-corrected chi connectivity index (χ1v) is 12.1. The summed E-state index contributed by atoms with van der Waals surface area (Å²) in [4.78, 5) is 38.3. The van der Waals surface area contributed by atoms with E-state index in [0.29, 0.717) is 40.6 Å². The standard InChI is InChI=1S/C26H25F3N2O4S/c1-13(2)31-19-11-16(14(3)8-18(19)25(4,5)12-22(31)32)17-9-15(6-7-20(17)35-26(27,28)29)10-21-23(33)30-24(34)36-21/h6-11,13H,12H2,1-5H3,(H,30,33,34)/b21-10-. The van der Waals surface area contributed by atoms with Crippen molar-refractivity contribution in [3.05, 3.63) is 51.9 Å². The Labute approximate surface area is 210 Å². The molecule has 36 heavy (non-hydrogen) atoms. The Balaban J connectivity index is 1.93. The molecule has 0 aliphatic carbocycles. The Morgan fingerprint density at radius 1 is 1.11 bits per heavy atom. The highest BCUT2D eigenvalue weighted by atomic mass is 32.2. The molecule has 0 aromatic heterocycles. The lowest BCUT2D eigenvalue weighted by Gasteiger charge is -2.41. The number of fused-ring (bicyclic) bond motifs is 1. The summed E-state index contributed by atoms with van der Waals surface area (Å²) in [5.41, 5.74) is 2.87. The maximum absolute atomic E-state index is 13.3. The molecule has 2 heterocycles. The molecule has 1 fully saturated rings. The molecule has 4 rings (SSSR count). The third kappa shape index (κ3) is 5.00. The molecule has 0 radical (unpaired) electrons. The van der Waals surface area contributed by atoms with E-state index in [-0.39, 0.29) is 22.4 Å². The van der Waals surface area contributed by atoms with Crippen LogP contribution >= 0.6 is 11.8 Å². The summed E-state index contributed by atoms with van der Waals surface area (Å²) in [7, 11) is 0. The van der Waals surface area contributed by atoms with Gasteiger partial charge in [0.05, 0.1) is 4.91 Å². The van der Waals surface area contributed by atoms with Crippen LogP contribution in [0, 0.1) is 6.92 Å². The van der Waals surface area contributed by atoms with Crippen LogP contribution in [0.15, 0.2) is 35.2 Å². The topological polar surface area (TPSA) is 75.7 Å². The average Bonchev–Trinajstić information content (AvgIpc) is 3.04. The van der Waals surface area contributed by atoms with Crippen LogP contribution < -0.4 is 15.0 Å². The number of amides is 3. The van der Waals surface area contributed by atoms with Crippen molar-refractivity contribution >= 4 is 40.6 Å². The molecule has 0 spiro atoms. The first kappa shape index (κ1) is 25.8. The van der Waals surface area contributed by atoms with Crippen LogP contribution in [0.5, 0.6) is 5.75 Å². The molecular formula is C26H25F3N2O4S. The summed E-state index contributed by atoms with van der Waals surface area (Å²) in [5, 5.41) is 1.63. The number of hydrogen-bond acceptors (Lipinski definition) is 5.